The van der Waals surface area contributed by atoms with Gasteiger partial charge in [0.2, 0.25) is 0 Å². The van der Waals surface area contributed by atoms with Gasteiger partial charge in [0.05, 0.1) is 0 Å². The van der Waals surface area contributed by atoms with Crippen molar-refractivity contribution in [3.8, 4) is 0 Å². The van der Waals surface area contributed by atoms with E-state index in [1.807, 2.05) is 20.8 Å². The molecule has 0 amide bonds. The summed E-state index contributed by atoms with van der Waals surface area (Å²) in [5, 5.41) is 0. The second kappa shape index (κ2) is 4.97. The molecule has 0 aromatic heterocycles. The van der Waals surface area contributed by atoms with Crippen LogP contribution in [0, 0.1) is 6.92 Å². The molecule has 0 N–H and O–H groups in total. The van der Waals surface area contributed by atoms with Crippen LogP contribution in [-0.4, -0.2) is 35.6 Å². The normalized spacial score (nSPS) is 21.1. The van der Waals surface area contributed by atoms with E-state index in [9.17, 15) is 4.79 Å². The van der Waals surface area contributed by atoms with Gasteiger partial charge < -0.3 is 4.74 Å². The van der Waals surface area contributed by atoms with Crippen molar-refractivity contribution in [3.63, 3.8) is 0 Å². The number of hydrogen-bond donors (Lipinski definition) is 0. The summed E-state index contributed by atoms with van der Waals surface area (Å²) in [7, 11) is 0. The number of likely N-dealkylation sites (tertiary alicyclic amines) is 1. The first-order chi connectivity index (χ1) is 6.90. The molecule has 1 fully saturated rings. The summed E-state index contributed by atoms with van der Waals surface area (Å²) in [4.78, 5) is 13.8. The van der Waals surface area contributed by atoms with Crippen LogP contribution in [0.3, 0.4) is 0 Å². The van der Waals surface area contributed by atoms with E-state index in [0.29, 0.717) is 0 Å². The van der Waals surface area contributed by atoms with E-state index in [4.69, 9.17) is 4.74 Å². The van der Waals surface area contributed by atoms with Crippen LogP contribution < -0.4 is 0 Å². The fraction of sp³-hybridized carbons (Fsp3) is 0.833. The van der Waals surface area contributed by atoms with E-state index >= 15 is 0 Å². The van der Waals surface area contributed by atoms with Crippen LogP contribution in [-0.2, 0) is 9.53 Å². The first kappa shape index (κ1) is 12.5. The van der Waals surface area contributed by atoms with Gasteiger partial charge in [0, 0.05) is 0 Å². The fourth-order valence-electron chi connectivity index (χ4n) is 1.75. The third-order valence-electron chi connectivity index (χ3n) is 2.51. The summed E-state index contributed by atoms with van der Waals surface area (Å²) >= 11 is 0. The Bertz CT molecular complexity index is 214. The van der Waals surface area contributed by atoms with Crippen LogP contribution in [0.2, 0.25) is 0 Å². The molecule has 1 aliphatic heterocycles. The number of carbonyl (C=O) groups excluding carboxylic acids is 1. The van der Waals surface area contributed by atoms with Crippen molar-refractivity contribution in [1.82, 2.24) is 4.90 Å². The van der Waals surface area contributed by atoms with Crippen molar-refractivity contribution in [2.75, 3.05) is 13.1 Å². The number of esters is 1. The molecule has 0 aliphatic carbocycles. The Morgan fingerprint density at radius 2 is 1.80 bits per heavy atom. The van der Waals surface area contributed by atoms with Gasteiger partial charge in [-0.25, -0.2) is 0 Å². The molecule has 3 nitrogen and oxygen atoms in total. The molecule has 1 aliphatic rings. The number of hydrogen-bond acceptors (Lipinski definition) is 3. The molecular weight excluding hydrogens is 190 g/mol. The Morgan fingerprint density at radius 3 is 2.27 bits per heavy atom. The minimum atomic E-state index is -0.414. The van der Waals surface area contributed by atoms with Crippen LogP contribution in [0.1, 0.15) is 40.0 Å². The van der Waals surface area contributed by atoms with E-state index < -0.39 is 5.60 Å². The van der Waals surface area contributed by atoms with E-state index in [1.54, 1.807) is 0 Å². The van der Waals surface area contributed by atoms with Crippen molar-refractivity contribution >= 4 is 5.97 Å². The van der Waals surface area contributed by atoms with Crippen molar-refractivity contribution in [2.24, 2.45) is 0 Å². The number of ether oxygens (including phenoxy) is 1. The van der Waals surface area contributed by atoms with Crippen molar-refractivity contribution in [3.05, 3.63) is 6.92 Å². The smallest absolute Gasteiger partial charge is 0.323 e. The lowest BCUT2D eigenvalue weighted by Crippen LogP contribution is -2.45. The third kappa shape index (κ3) is 4.20. The van der Waals surface area contributed by atoms with Gasteiger partial charge in [0.1, 0.15) is 11.6 Å². The molecule has 3 heteroatoms. The maximum atomic E-state index is 11.7. The Labute approximate surface area is 92.8 Å². The predicted molar refractivity (Wildman–Crippen MR) is 60.4 cm³/mol. The summed E-state index contributed by atoms with van der Waals surface area (Å²) < 4.78 is 5.31. The van der Waals surface area contributed by atoms with E-state index in [-0.39, 0.29) is 12.0 Å². The summed E-state index contributed by atoms with van der Waals surface area (Å²) in [6.07, 6.45) is 3.58. The van der Waals surface area contributed by atoms with E-state index in [2.05, 4.69) is 11.8 Å². The number of nitrogens with zero attached hydrogens (tertiary/aromatic N) is 1. The van der Waals surface area contributed by atoms with Gasteiger partial charge >= 0.3 is 5.97 Å². The molecule has 1 atom stereocenters. The summed E-state index contributed by atoms with van der Waals surface area (Å²) in [6, 6.07) is -0.343. The molecule has 1 unspecified atom stereocenters. The Morgan fingerprint density at radius 1 is 1.27 bits per heavy atom. The van der Waals surface area contributed by atoms with Crippen LogP contribution in [0.25, 0.3) is 0 Å². The Kier molecular flexibility index (Phi) is 4.14. The third-order valence-corrected chi connectivity index (χ3v) is 2.51. The minimum Gasteiger partial charge on any atom is -0.459 e. The topological polar surface area (TPSA) is 29.5 Å². The van der Waals surface area contributed by atoms with Gasteiger partial charge in [-0.05, 0) is 53.6 Å². The number of carbonyl (C=O) groups is 1. The van der Waals surface area contributed by atoms with Gasteiger partial charge in [-0.2, -0.15) is 0 Å². The van der Waals surface area contributed by atoms with Crippen LogP contribution in [0.4, 0.5) is 0 Å². The highest BCUT2D eigenvalue weighted by molar-refractivity contribution is 5.76. The Balaban J connectivity index is 2.44. The first-order valence-electron chi connectivity index (χ1n) is 5.70. The average molecular weight is 212 g/mol. The maximum absolute atomic E-state index is 11.7. The quantitative estimate of drug-likeness (QED) is 0.656. The lowest BCUT2D eigenvalue weighted by atomic mass is 10.1. The highest BCUT2D eigenvalue weighted by Crippen LogP contribution is 2.15. The summed E-state index contributed by atoms with van der Waals surface area (Å²) in [5.74, 6) is -0.204. The fourth-order valence-corrected chi connectivity index (χ4v) is 1.75. The molecule has 0 aromatic rings. The molecular formula is C12H22NO2. The lowest BCUT2D eigenvalue weighted by Gasteiger charge is -2.32. The molecule has 0 spiro atoms. The minimum absolute atomic E-state index is 0.204. The van der Waals surface area contributed by atoms with Gasteiger partial charge in [0.25, 0.3) is 0 Å². The molecule has 0 bridgehead atoms. The second-order valence-electron chi connectivity index (χ2n) is 5.15. The molecule has 0 saturated carbocycles. The van der Waals surface area contributed by atoms with Crippen molar-refractivity contribution in [2.45, 2.75) is 51.7 Å². The lowest BCUT2D eigenvalue weighted by molar-refractivity contribution is -0.159. The van der Waals surface area contributed by atoms with Crippen molar-refractivity contribution in [1.29, 1.82) is 0 Å². The van der Waals surface area contributed by atoms with Gasteiger partial charge in [-0.3, -0.25) is 9.69 Å². The molecule has 0 aromatic carbocycles. The van der Waals surface area contributed by atoms with Crippen molar-refractivity contribution < 1.29 is 9.53 Å². The van der Waals surface area contributed by atoms with Gasteiger partial charge in [-0.1, -0.05) is 6.42 Å². The van der Waals surface area contributed by atoms with Crippen LogP contribution in [0.15, 0.2) is 0 Å². The monoisotopic (exact) mass is 212 g/mol. The molecule has 1 saturated heterocycles. The van der Waals surface area contributed by atoms with E-state index in [0.717, 1.165) is 25.9 Å². The maximum Gasteiger partial charge on any atom is 0.323 e. The largest absolute Gasteiger partial charge is 0.459 e. The molecule has 15 heavy (non-hydrogen) atoms. The standard InChI is InChI=1S/C12H22NO2/c1-10(11(14)15-12(2,3)4)13-8-6-5-7-9-13/h10H,1,5-9H2,2-4H3. The molecule has 1 rings (SSSR count). The summed E-state index contributed by atoms with van der Waals surface area (Å²) in [5.41, 5.74) is -0.414. The van der Waals surface area contributed by atoms with Gasteiger partial charge in [0.15, 0.2) is 0 Å². The van der Waals surface area contributed by atoms with Gasteiger partial charge in [-0.15, -0.1) is 0 Å². The zero-order valence-electron chi connectivity index (χ0n) is 10.1. The van der Waals surface area contributed by atoms with E-state index in [1.165, 1.54) is 6.42 Å². The second-order valence-corrected chi connectivity index (χ2v) is 5.15. The SMILES string of the molecule is [CH2]C(C(=O)OC(C)(C)C)N1CCCCC1. The molecule has 1 radical (unpaired) electrons. The highest BCUT2D eigenvalue weighted by atomic mass is 16.6. The number of piperidine rings is 1. The Hall–Kier alpha value is -0.570. The highest BCUT2D eigenvalue weighted by Gasteiger charge is 2.27. The van der Waals surface area contributed by atoms with Crippen LogP contribution in [0.5, 0.6) is 0 Å². The van der Waals surface area contributed by atoms with Crippen LogP contribution >= 0.6 is 0 Å². The average Bonchev–Trinajstić information content (AvgIpc) is 2.15. The zero-order chi connectivity index (χ0) is 11.5. The first-order valence-corrected chi connectivity index (χ1v) is 5.70. The predicted octanol–water partition coefficient (Wildman–Crippen LogP) is 2.02. The number of rotatable bonds is 2. The summed E-state index contributed by atoms with van der Waals surface area (Å²) in [6.45, 7) is 11.5. The zero-order valence-corrected chi connectivity index (χ0v) is 10.1. The molecule has 87 valence electrons. The molecule has 1 heterocycles.